The van der Waals surface area contributed by atoms with E-state index >= 15 is 0 Å². The SMILES string of the molecule is CCOc1cccc2sc(N(CCN(CC)CC)C(=O)CCSc3ccc(Cl)cc3)nc12. The van der Waals surface area contributed by atoms with E-state index in [0.717, 1.165) is 50.7 Å². The first kappa shape index (κ1) is 24.8. The van der Waals surface area contributed by atoms with Crippen LogP contribution in [0.3, 0.4) is 0 Å². The predicted molar refractivity (Wildman–Crippen MR) is 138 cm³/mol. The molecule has 0 aliphatic rings. The van der Waals surface area contributed by atoms with Crippen molar-refractivity contribution in [2.45, 2.75) is 32.1 Å². The number of para-hydroxylation sites is 1. The van der Waals surface area contributed by atoms with E-state index in [4.69, 9.17) is 21.3 Å². The molecule has 0 atom stereocenters. The quantitative estimate of drug-likeness (QED) is 0.282. The number of likely N-dealkylation sites (N-methyl/N-ethyl adjacent to an activating group) is 1. The summed E-state index contributed by atoms with van der Waals surface area (Å²) in [6.07, 6.45) is 0.444. The molecule has 0 fully saturated rings. The molecular formula is C24H30ClN3O2S2. The zero-order valence-electron chi connectivity index (χ0n) is 18.8. The lowest BCUT2D eigenvalue weighted by Crippen LogP contribution is -2.39. The van der Waals surface area contributed by atoms with Gasteiger partial charge in [0.25, 0.3) is 0 Å². The third-order valence-corrected chi connectivity index (χ3v) is 7.44. The maximum atomic E-state index is 13.3. The minimum Gasteiger partial charge on any atom is -0.492 e. The van der Waals surface area contributed by atoms with Crippen LogP contribution in [0.5, 0.6) is 5.75 Å². The van der Waals surface area contributed by atoms with Crippen molar-refractivity contribution in [2.75, 3.05) is 43.4 Å². The monoisotopic (exact) mass is 491 g/mol. The Labute approximate surface area is 203 Å². The van der Waals surface area contributed by atoms with Gasteiger partial charge in [-0.1, -0.05) is 42.9 Å². The molecule has 0 N–H and O–H groups in total. The van der Waals surface area contributed by atoms with Crippen molar-refractivity contribution in [3.05, 3.63) is 47.5 Å². The van der Waals surface area contributed by atoms with E-state index in [1.165, 1.54) is 0 Å². The lowest BCUT2D eigenvalue weighted by Gasteiger charge is -2.24. The number of thiazole rings is 1. The number of amides is 1. The molecule has 3 rings (SSSR count). The van der Waals surface area contributed by atoms with Gasteiger partial charge in [-0.3, -0.25) is 9.69 Å². The van der Waals surface area contributed by atoms with Gasteiger partial charge in [0, 0.05) is 35.2 Å². The molecule has 1 aromatic heterocycles. The van der Waals surface area contributed by atoms with Crippen molar-refractivity contribution in [1.29, 1.82) is 0 Å². The zero-order chi connectivity index (χ0) is 22.9. The summed E-state index contributed by atoms with van der Waals surface area (Å²) < 4.78 is 6.78. The van der Waals surface area contributed by atoms with Crippen molar-refractivity contribution >= 4 is 56.0 Å². The third kappa shape index (κ3) is 6.61. The summed E-state index contributed by atoms with van der Waals surface area (Å²) in [4.78, 5) is 23.4. The molecule has 0 saturated carbocycles. The lowest BCUT2D eigenvalue weighted by atomic mass is 10.3. The second-order valence-electron chi connectivity index (χ2n) is 7.16. The lowest BCUT2D eigenvalue weighted by molar-refractivity contribution is -0.118. The highest BCUT2D eigenvalue weighted by molar-refractivity contribution is 7.99. The van der Waals surface area contributed by atoms with Gasteiger partial charge in [0.05, 0.1) is 11.3 Å². The van der Waals surface area contributed by atoms with Crippen LogP contribution >= 0.6 is 34.7 Å². The Hall–Kier alpha value is -1.80. The van der Waals surface area contributed by atoms with Gasteiger partial charge in [-0.25, -0.2) is 4.98 Å². The molecule has 1 amide bonds. The van der Waals surface area contributed by atoms with Crippen LogP contribution in [0.2, 0.25) is 5.02 Å². The Morgan fingerprint density at radius 3 is 2.53 bits per heavy atom. The number of halogens is 1. The molecule has 0 aliphatic carbocycles. The average molecular weight is 492 g/mol. The first-order valence-electron chi connectivity index (χ1n) is 11.0. The molecule has 0 bridgehead atoms. The highest BCUT2D eigenvalue weighted by atomic mass is 35.5. The first-order valence-corrected chi connectivity index (χ1v) is 13.2. The second kappa shape index (κ2) is 12.4. The molecule has 2 aromatic carbocycles. The van der Waals surface area contributed by atoms with E-state index in [2.05, 4.69) is 18.7 Å². The Kier molecular flexibility index (Phi) is 9.66. The van der Waals surface area contributed by atoms with Gasteiger partial charge < -0.3 is 9.64 Å². The number of aromatic nitrogens is 1. The number of thioether (sulfide) groups is 1. The van der Waals surface area contributed by atoms with Gasteiger partial charge in [-0.05, 0) is 56.4 Å². The number of carbonyl (C=O) groups is 1. The third-order valence-electron chi connectivity index (χ3n) is 5.14. The number of carbonyl (C=O) groups excluding carboxylic acids is 1. The van der Waals surface area contributed by atoms with Crippen LogP contribution in [0.25, 0.3) is 10.2 Å². The summed E-state index contributed by atoms with van der Waals surface area (Å²) in [6, 6.07) is 13.7. The zero-order valence-corrected chi connectivity index (χ0v) is 21.2. The predicted octanol–water partition coefficient (Wildman–Crippen LogP) is 6.21. The topological polar surface area (TPSA) is 45.7 Å². The number of hydrogen-bond acceptors (Lipinski definition) is 6. The molecule has 0 aliphatic heterocycles. The molecule has 8 heteroatoms. The summed E-state index contributed by atoms with van der Waals surface area (Å²) >= 11 is 9.18. The Bertz CT molecular complexity index is 1010. The summed E-state index contributed by atoms with van der Waals surface area (Å²) in [5, 5.41) is 1.45. The van der Waals surface area contributed by atoms with Crippen molar-refractivity contribution in [3.8, 4) is 5.75 Å². The summed E-state index contributed by atoms with van der Waals surface area (Å²) in [6.45, 7) is 10.2. The normalized spacial score (nSPS) is 11.3. The van der Waals surface area contributed by atoms with Crippen molar-refractivity contribution < 1.29 is 9.53 Å². The number of nitrogens with zero attached hydrogens (tertiary/aromatic N) is 3. The Morgan fingerprint density at radius 1 is 1.09 bits per heavy atom. The van der Waals surface area contributed by atoms with E-state index in [-0.39, 0.29) is 5.91 Å². The van der Waals surface area contributed by atoms with Gasteiger partial charge in [0.2, 0.25) is 5.91 Å². The molecule has 32 heavy (non-hydrogen) atoms. The summed E-state index contributed by atoms with van der Waals surface area (Å²) in [5.41, 5.74) is 0.825. The van der Waals surface area contributed by atoms with Crippen molar-refractivity contribution in [1.82, 2.24) is 9.88 Å². The van der Waals surface area contributed by atoms with Crippen LogP contribution in [-0.2, 0) is 4.79 Å². The van der Waals surface area contributed by atoms with Crippen molar-refractivity contribution in [3.63, 3.8) is 0 Å². The molecule has 1 heterocycles. The van der Waals surface area contributed by atoms with E-state index in [0.29, 0.717) is 25.3 Å². The number of rotatable bonds is 12. The van der Waals surface area contributed by atoms with Gasteiger partial charge >= 0.3 is 0 Å². The molecular weight excluding hydrogens is 462 g/mol. The number of fused-ring (bicyclic) bond motifs is 1. The molecule has 0 radical (unpaired) electrons. The highest BCUT2D eigenvalue weighted by Crippen LogP contribution is 2.34. The first-order chi connectivity index (χ1) is 15.5. The van der Waals surface area contributed by atoms with Crippen LogP contribution in [-0.4, -0.2) is 54.3 Å². The van der Waals surface area contributed by atoms with Crippen LogP contribution in [0.4, 0.5) is 5.13 Å². The van der Waals surface area contributed by atoms with Gasteiger partial charge in [-0.15, -0.1) is 11.8 Å². The molecule has 172 valence electrons. The Morgan fingerprint density at radius 2 is 1.84 bits per heavy atom. The van der Waals surface area contributed by atoms with Crippen molar-refractivity contribution in [2.24, 2.45) is 0 Å². The molecule has 0 spiro atoms. The van der Waals surface area contributed by atoms with E-state index < -0.39 is 0 Å². The minimum atomic E-state index is 0.0932. The van der Waals surface area contributed by atoms with E-state index in [1.807, 2.05) is 54.3 Å². The highest BCUT2D eigenvalue weighted by Gasteiger charge is 2.21. The number of hydrogen-bond donors (Lipinski definition) is 0. The maximum absolute atomic E-state index is 13.3. The van der Waals surface area contributed by atoms with E-state index in [1.54, 1.807) is 23.1 Å². The van der Waals surface area contributed by atoms with Crippen LogP contribution < -0.4 is 9.64 Å². The number of ether oxygens (including phenoxy) is 1. The van der Waals surface area contributed by atoms with Gasteiger partial charge in [0.1, 0.15) is 11.3 Å². The number of benzene rings is 2. The molecule has 0 saturated heterocycles. The standard InChI is InChI=1S/C24H30ClN3O2S2/c1-4-27(5-2)15-16-28(22(29)14-17-31-19-12-10-18(25)11-13-19)24-26-23-20(30-6-3)8-7-9-21(23)32-24/h7-13H,4-6,14-17H2,1-3H3. The van der Waals surface area contributed by atoms with Gasteiger partial charge in [-0.2, -0.15) is 0 Å². The number of anilines is 1. The van der Waals surface area contributed by atoms with E-state index in [9.17, 15) is 4.79 Å². The summed E-state index contributed by atoms with van der Waals surface area (Å²) in [7, 11) is 0. The summed E-state index contributed by atoms with van der Waals surface area (Å²) in [5.74, 6) is 1.56. The minimum absolute atomic E-state index is 0.0932. The maximum Gasteiger partial charge on any atom is 0.229 e. The smallest absolute Gasteiger partial charge is 0.229 e. The van der Waals surface area contributed by atoms with Crippen LogP contribution in [0.15, 0.2) is 47.4 Å². The fourth-order valence-corrected chi connectivity index (χ4v) is 5.32. The Balaban J connectivity index is 1.76. The fraction of sp³-hybridized carbons (Fsp3) is 0.417. The van der Waals surface area contributed by atoms with Crippen LogP contribution in [0.1, 0.15) is 27.2 Å². The van der Waals surface area contributed by atoms with Crippen LogP contribution in [0, 0.1) is 0 Å². The average Bonchev–Trinajstić information content (AvgIpc) is 3.23. The largest absolute Gasteiger partial charge is 0.492 e. The van der Waals surface area contributed by atoms with Gasteiger partial charge in [0.15, 0.2) is 5.13 Å². The fourth-order valence-electron chi connectivity index (χ4n) is 3.33. The molecule has 5 nitrogen and oxygen atoms in total. The molecule has 3 aromatic rings. The second-order valence-corrected chi connectivity index (χ2v) is 9.77. The molecule has 0 unspecified atom stereocenters.